The summed E-state index contributed by atoms with van der Waals surface area (Å²) in [5.41, 5.74) is 1.84. The van der Waals surface area contributed by atoms with Gasteiger partial charge in [-0.15, -0.1) is 11.3 Å². The number of nitrogens with zero attached hydrogens (tertiary/aromatic N) is 4. The summed E-state index contributed by atoms with van der Waals surface area (Å²) in [5.74, 6) is 0.868. The molecule has 1 aromatic carbocycles. The largest absolute Gasteiger partial charge is 0.383 e. The number of para-hydroxylation sites is 1. The quantitative estimate of drug-likeness (QED) is 0.312. The number of likely N-dealkylation sites (tertiary alicyclic amines) is 1. The van der Waals surface area contributed by atoms with Crippen LogP contribution < -0.4 is 10.5 Å². The number of aromatic nitrogens is 4. The molecule has 4 heterocycles. The van der Waals surface area contributed by atoms with E-state index in [2.05, 4.69) is 13.8 Å². The maximum atomic E-state index is 13.5. The van der Waals surface area contributed by atoms with Gasteiger partial charge in [0.2, 0.25) is 0 Å². The molecular formula is C25H30N5O2S2+. The van der Waals surface area contributed by atoms with Crippen LogP contribution in [0.5, 0.6) is 0 Å². The fourth-order valence-electron chi connectivity index (χ4n) is 4.67. The first kappa shape index (κ1) is 23.4. The Morgan fingerprint density at radius 2 is 1.94 bits per heavy atom. The molecule has 1 N–H and O–H groups in total. The highest BCUT2D eigenvalue weighted by Gasteiger charge is 2.23. The van der Waals surface area contributed by atoms with Gasteiger partial charge < -0.3 is 9.64 Å². The van der Waals surface area contributed by atoms with Crippen LogP contribution in [0.4, 0.5) is 0 Å². The maximum absolute atomic E-state index is 13.5. The number of rotatable bonds is 7. The highest BCUT2D eigenvalue weighted by atomic mass is 32.2. The molecule has 1 aliphatic rings. The smallest absolute Gasteiger partial charge is 0.262 e. The van der Waals surface area contributed by atoms with Gasteiger partial charge in [-0.05, 0) is 50.2 Å². The van der Waals surface area contributed by atoms with E-state index in [9.17, 15) is 4.79 Å². The number of nitrogens with one attached hydrogen (secondary N) is 1. The molecule has 34 heavy (non-hydrogen) atoms. The summed E-state index contributed by atoms with van der Waals surface area (Å²) in [7, 11) is 1.65. The third-order valence-corrected chi connectivity index (χ3v) is 8.63. The van der Waals surface area contributed by atoms with E-state index in [1.807, 2.05) is 31.2 Å². The standard InChI is InChI=1S/C25H29N5O2S2/c1-15(14-32-4)30-24(31)18-9-5-6-10-19(18)26-25(30)34-23-21-16(2)17(3)33-22(21)27-20(28-23)13-29-11-7-8-12-29/h5-6,9-10,15H,7-8,11-14H2,1-4H3/p+1/t15-/m0/s1. The Morgan fingerprint density at radius 3 is 2.71 bits per heavy atom. The van der Waals surface area contributed by atoms with Gasteiger partial charge in [0.15, 0.2) is 11.0 Å². The van der Waals surface area contributed by atoms with E-state index in [1.165, 1.54) is 53.0 Å². The molecule has 7 nitrogen and oxygen atoms in total. The van der Waals surface area contributed by atoms with E-state index in [4.69, 9.17) is 19.7 Å². The zero-order valence-corrected chi connectivity index (χ0v) is 21.7. The van der Waals surface area contributed by atoms with Gasteiger partial charge in [0.1, 0.15) is 16.4 Å². The molecule has 1 saturated heterocycles. The van der Waals surface area contributed by atoms with E-state index in [0.29, 0.717) is 22.7 Å². The molecule has 0 spiro atoms. The van der Waals surface area contributed by atoms with Crippen molar-refractivity contribution in [1.82, 2.24) is 19.5 Å². The first-order valence-corrected chi connectivity index (χ1v) is 13.4. The van der Waals surface area contributed by atoms with E-state index in [0.717, 1.165) is 27.6 Å². The van der Waals surface area contributed by atoms with E-state index >= 15 is 0 Å². The van der Waals surface area contributed by atoms with Crippen molar-refractivity contribution in [2.75, 3.05) is 26.8 Å². The van der Waals surface area contributed by atoms with Crippen LogP contribution in [-0.2, 0) is 11.3 Å². The third-order valence-electron chi connectivity index (χ3n) is 6.57. The number of hydrogen-bond acceptors (Lipinski definition) is 7. The zero-order valence-electron chi connectivity index (χ0n) is 20.1. The highest BCUT2D eigenvalue weighted by molar-refractivity contribution is 7.99. The topological polar surface area (TPSA) is 74.3 Å². The van der Waals surface area contributed by atoms with Gasteiger partial charge in [0, 0.05) is 30.2 Å². The van der Waals surface area contributed by atoms with E-state index in [1.54, 1.807) is 23.0 Å². The lowest BCUT2D eigenvalue weighted by Gasteiger charge is -2.19. The van der Waals surface area contributed by atoms with Crippen molar-refractivity contribution < 1.29 is 9.64 Å². The molecular weight excluding hydrogens is 466 g/mol. The minimum Gasteiger partial charge on any atom is -0.383 e. The second-order valence-electron chi connectivity index (χ2n) is 9.04. The number of hydrogen-bond donors (Lipinski definition) is 1. The molecule has 1 aliphatic heterocycles. The number of aryl methyl sites for hydroxylation is 2. The minimum atomic E-state index is -0.159. The van der Waals surface area contributed by atoms with Crippen LogP contribution in [0.25, 0.3) is 21.1 Å². The summed E-state index contributed by atoms with van der Waals surface area (Å²) in [4.78, 5) is 32.2. The lowest BCUT2D eigenvalue weighted by atomic mass is 10.2. The molecule has 0 amide bonds. The molecule has 0 saturated carbocycles. The number of quaternary nitrogens is 1. The summed E-state index contributed by atoms with van der Waals surface area (Å²) in [5, 5.41) is 3.20. The Balaban J connectivity index is 1.66. The molecule has 3 aromatic heterocycles. The van der Waals surface area contributed by atoms with Crippen molar-refractivity contribution in [2.45, 2.75) is 56.4 Å². The van der Waals surface area contributed by atoms with Gasteiger partial charge in [-0.3, -0.25) is 9.36 Å². The van der Waals surface area contributed by atoms with Crippen molar-refractivity contribution in [3.63, 3.8) is 0 Å². The predicted octanol–water partition coefficient (Wildman–Crippen LogP) is 3.56. The molecule has 0 radical (unpaired) electrons. The molecule has 1 fully saturated rings. The Bertz CT molecular complexity index is 1410. The van der Waals surface area contributed by atoms with Gasteiger partial charge >= 0.3 is 0 Å². The highest BCUT2D eigenvalue weighted by Crippen LogP contribution is 2.38. The number of benzene rings is 1. The van der Waals surface area contributed by atoms with Crippen molar-refractivity contribution in [1.29, 1.82) is 0 Å². The molecule has 9 heteroatoms. The molecule has 4 aromatic rings. The fraction of sp³-hybridized carbons (Fsp3) is 0.440. The van der Waals surface area contributed by atoms with Gasteiger partial charge in [-0.2, -0.15) is 0 Å². The summed E-state index contributed by atoms with van der Waals surface area (Å²) in [6.07, 6.45) is 2.53. The second-order valence-corrected chi connectivity index (χ2v) is 11.2. The Kier molecular flexibility index (Phi) is 6.70. The minimum absolute atomic E-state index is 0.0529. The van der Waals surface area contributed by atoms with Crippen LogP contribution in [0, 0.1) is 13.8 Å². The SMILES string of the molecule is COC[C@H](C)n1c(Sc2nc(C[NH+]3CCCC3)nc3sc(C)c(C)c23)nc2ccccc2c1=O. The molecule has 5 rings (SSSR count). The lowest BCUT2D eigenvalue weighted by Crippen LogP contribution is -3.08. The zero-order chi connectivity index (χ0) is 23.8. The van der Waals surface area contributed by atoms with Crippen LogP contribution in [0.1, 0.15) is 42.1 Å². The lowest BCUT2D eigenvalue weighted by molar-refractivity contribution is -0.902. The van der Waals surface area contributed by atoms with Crippen LogP contribution in [0.15, 0.2) is 39.2 Å². The van der Waals surface area contributed by atoms with Crippen molar-refractivity contribution in [3.8, 4) is 0 Å². The van der Waals surface area contributed by atoms with Gasteiger partial charge in [-0.25, -0.2) is 15.0 Å². The Labute approximate surface area is 207 Å². The van der Waals surface area contributed by atoms with Crippen LogP contribution in [0.3, 0.4) is 0 Å². The summed E-state index contributed by atoms with van der Waals surface area (Å²) in [6.45, 7) is 9.85. The van der Waals surface area contributed by atoms with Crippen LogP contribution >= 0.6 is 23.1 Å². The molecule has 1 atom stereocenters. The second kappa shape index (κ2) is 9.73. The van der Waals surface area contributed by atoms with Gasteiger partial charge in [0.05, 0.1) is 36.6 Å². The average molecular weight is 497 g/mol. The molecule has 178 valence electrons. The number of ether oxygens (including phenoxy) is 1. The maximum Gasteiger partial charge on any atom is 0.262 e. The summed E-state index contributed by atoms with van der Waals surface area (Å²) < 4.78 is 7.15. The van der Waals surface area contributed by atoms with Crippen molar-refractivity contribution >= 4 is 44.2 Å². The monoisotopic (exact) mass is 496 g/mol. The summed E-state index contributed by atoms with van der Waals surface area (Å²) in [6, 6.07) is 7.36. The number of fused-ring (bicyclic) bond motifs is 2. The Hall–Kier alpha value is -2.33. The van der Waals surface area contributed by atoms with E-state index < -0.39 is 0 Å². The molecule has 0 unspecified atom stereocenters. The predicted molar refractivity (Wildman–Crippen MR) is 137 cm³/mol. The van der Waals surface area contributed by atoms with Crippen molar-refractivity contribution in [3.05, 3.63) is 50.9 Å². The van der Waals surface area contributed by atoms with Crippen molar-refractivity contribution in [2.24, 2.45) is 0 Å². The van der Waals surface area contributed by atoms with Crippen LogP contribution in [-0.4, -0.2) is 46.3 Å². The first-order valence-electron chi connectivity index (χ1n) is 11.7. The third kappa shape index (κ3) is 4.37. The van der Waals surface area contributed by atoms with Crippen LogP contribution in [0.2, 0.25) is 0 Å². The average Bonchev–Trinajstić information content (AvgIpc) is 3.41. The molecule has 0 aliphatic carbocycles. The fourth-order valence-corrected chi connectivity index (χ4v) is 6.97. The Morgan fingerprint density at radius 1 is 1.18 bits per heavy atom. The number of thiophene rings is 1. The number of methoxy groups -OCH3 is 1. The first-order chi connectivity index (χ1) is 16.5. The summed E-state index contributed by atoms with van der Waals surface area (Å²) >= 11 is 3.19. The normalized spacial score (nSPS) is 15.5. The van der Waals surface area contributed by atoms with Gasteiger partial charge in [0.25, 0.3) is 5.56 Å². The molecule has 0 bridgehead atoms. The van der Waals surface area contributed by atoms with E-state index in [-0.39, 0.29) is 11.6 Å². The van der Waals surface area contributed by atoms with Gasteiger partial charge in [-0.1, -0.05) is 12.1 Å².